The molecule has 1 saturated heterocycles. The number of fused-ring (bicyclic) bond motifs is 2. The Balaban J connectivity index is 0.000000345. The van der Waals surface area contributed by atoms with Gasteiger partial charge in [-0.05, 0) is 67.8 Å². The van der Waals surface area contributed by atoms with Gasteiger partial charge < -0.3 is 15.2 Å². The molecule has 2 aliphatic rings. The lowest BCUT2D eigenvalue weighted by atomic mass is 9.73. The van der Waals surface area contributed by atoms with Crippen molar-refractivity contribution in [3.8, 4) is 0 Å². The molecule has 156 valence electrons. The van der Waals surface area contributed by atoms with Gasteiger partial charge in [-0.3, -0.25) is 4.79 Å². The third-order valence-corrected chi connectivity index (χ3v) is 5.84. The number of halogens is 4. The van der Waals surface area contributed by atoms with Gasteiger partial charge in [-0.25, -0.2) is 4.79 Å². The van der Waals surface area contributed by atoms with Crippen LogP contribution < -0.4 is 5.32 Å². The molecule has 1 fully saturated rings. The van der Waals surface area contributed by atoms with Crippen LogP contribution in [0.3, 0.4) is 0 Å². The molecule has 1 aromatic carbocycles. The van der Waals surface area contributed by atoms with Crippen LogP contribution in [0.2, 0.25) is 0 Å². The summed E-state index contributed by atoms with van der Waals surface area (Å²) in [4.78, 5) is 20.8. The lowest BCUT2D eigenvalue weighted by molar-refractivity contribution is -0.192. The molecule has 3 rings (SSSR count). The molecule has 1 atom stereocenters. The predicted molar refractivity (Wildman–Crippen MR) is 100 cm³/mol. The van der Waals surface area contributed by atoms with Gasteiger partial charge in [0.25, 0.3) is 0 Å². The molecule has 0 bridgehead atoms. The minimum atomic E-state index is -5.08. The number of rotatable bonds is 3. The minimum absolute atomic E-state index is 0.0700. The molecular weight excluding hydrogens is 443 g/mol. The van der Waals surface area contributed by atoms with Crippen molar-refractivity contribution in [2.45, 2.75) is 50.1 Å². The maximum absolute atomic E-state index is 11.9. The van der Waals surface area contributed by atoms with E-state index in [0.717, 1.165) is 32.4 Å². The van der Waals surface area contributed by atoms with E-state index in [9.17, 15) is 18.0 Å². The number of alkyl halides is 3. The third kappa shape index (κ3) is 5.26. The Morgan fingerprint density at radius 3 is 2.46 bits per heavy atom. The van der Waals surface area contributed by atoms with Gasteiger partial charge in [0.1, 0.15) is 0 Å². The van der Waals surface area contributed by atoms with Gasteiger partial charge in [-0.1, -0.05) is 28.1 Å². The van der Waals surface area contributed by atoms with Crippen LogP contribution in [0.15, 0.2) is 22.7 Å². The van der Waals surface area contributed by atoms with Crippen molar-refractivity contribution in [1.82, 2.24) is 5.32 Å². The van der Waals surface area contributed by atoms with Crippen LogP contribution in [0, 0.1) is 0 Å². The lowest BCUT2D eigenvalue weighted by Crippen LogP contribution is -2.38. The van der Waals surface area contributed by atoms with E-state index in [1.54, 1.807) is 0 Å². The maximum atomic E-state index is 11.9. The second-order valence-electron chi connectivity index (χ2n) is 6.95. The topological polar surface area (TPSA) is 75.6 Å². The molecule has 1 heterocycles. The largest absolute Gasteiger partial charge is 0.490 e. The Morgan fingerprint density at radius 1 is 1.32 bits per heavy atom. The van der Waals surface area contributed by atoms with E-state index in [2.05, 4.69) is 39.4 Å². The zero-order valence-electron chi connectivity index (χ0n) is 15.4. The van der Waals surface area contributed by atoms with Crippen LogP contribution in [0.1, 0.15) is 49.7 Å². The molecule has 1 aromatic rings. The Labute approximate surface area is 169 Å². The number of aliphatic carboxylic acids is 1. The molecule has 0 aromatic heterocycles. The van der Waals surface area contributed by atoms with Crippen LogP contribution >= 0.6 is 15.9 Å². The fraction of sp³-hybridized carbons (Fsp3) is 0.579. The predicted octanol–water partition coefficient (Wildman–Crippen LogP) is 4.14. The van der Waals surface area contributed by atoms with Gasteiger partial charge in [0.2, 0.25) is 0 Å². The molecule has 0 radical (unpaired) electrons. The van der Waals surface area contributed by atoms with E-state index >= 15 is 0 Å². The number of carboxylic acid groups (broad SMARTS) is 1. The van der Waals surface area contributed by atoms with Gasteiger partial charge >= 0.3 is 18.1 Å². The fourth-order valence-electron chi connectivity index (χ4n) is 4.09. The average molecular weight is 466 g/mol. The van der Waals surface area contributed by atoms with Crippen molar-refractivity contribution in [3.63, 3.8) is 0 Å². The highest BCUT2D eigenvalue weighted by molar-refractivity contribution is 9.10. The first-order chi connectivity index (χ1) is 13.1. The van der Waals surface area contributed by atoms with Gasteiger partial charge in [-0.15, -0.1) is 0 Å². The number of nitrogens with one attached hydrogen (secondary N) is 1. The molecular formula is C19H23BrF3NO4. The van der Waals surface area contributed by atoms with Crippen molar-refractivity contribution in [2.75, 3.05) is 19.7 Å². The molecule has 9 heteroatoms. The van der Waals surface area contributed by atoms with Gasteiger partial charge in [0, 0.05) is 4.47 Å². The van der Waals surface area contributed by atoms with Crippen LogP contribution in [-0.4, -0.2) is 42.9 Å². The smallest absolute Gasteiger partial charge is 0.475 e. The molecule has 2 N–H and O–H groups in total. The molecule has 0 saturated carbocycles. The van der Waals surface area contributed by atoms with Gasteiger partial charge in [0.05, 0.1) is 13.0 Å². The Morgan fingerprint density at radius 2 is 1.93 bits per heavy atom. The molecule has 28 heavy (non-hydrogen) atoms. The first-order valence-corrected chi connectivity index (χ1v) is 9.85. The zero-order valence-corrected chi connectivity index (χ0v) is 17.0. The van der Waals surface area contributed by atoms with E-state index in [0.29, 0.717) is 18.9 Å². The van der Waals surface area contributed by atoms with Crippen molar-refractivity contribution in [1.29, 1.82) is 0 Å². The Bertz CT molecular complexity index is 718. The summed E-state index contributed by atoms with van der Waals surface area (Å²) < 4.78 is 38.1. The lowest BCUT2D eigenvalue weighted by Gasteiger charge is -2.36. The standard InChI is InChI=1S/C17H22BrNO2.C2HF3O2/c1-2-21-15(20)10-12-11-17(6-8-19-9-7-17)16-13(12)4-3-5-14(16)18;3-2(4,5)1(6)7/h3-5,12,19H,2,6-11H2,1H3;(H,6,7). The van der Waals surface area contributed by atoms with Crippen molar-refractivity contribution in [3.05, 3.63) is 33.8 Å². The van der Waals surface area contributed by atoms with Crippen molar-refractivity contribution in [2.24, 2.45) is 0 Å². The Hall–Kier alpha value is -1.61. The highest BCUT2D eigenvalue weighted by atomic mass is 79.9. The number of esters is 1. The molecule has 1 unspecified atom stereocenters. The highest BCUT2D eigenvalue weighted by Gasteiger charge is 2.45. The van der Waals surface area contributed by atoms with Crippen LogP contribution in [0.25, 0.3) is 0 Å². The zero-order chi connectivity index (χ0) is 20.9. The van der Waals surface area contributed by atoms with Crippen molar-refractivity contribution < 1.29 is 32.6 Å². The number of piperidine rings is 1. The molecule has 1 aliphatic heterocycles. The van der Waals surface area contributed by atoms with Crippen LogP contribution in [-0.2, 0) is 19.7 Å². The molecule has 1 spiro atoms. The number of benzene rings is 1. The first-order valence-electron chi connectivity index (χ1n) is 9.06. The maximum Gasteiger partial charge on any atom is 0.490 e. The minimum Gasteiger partial charge on any atom is -0.475 e. The quantitative estimate of drug-likeness (QED) is 0.655. The first kappa shape index (κ1) is 22.7. The van der Waals surface area contributed by atoms with Crippen LogP contribution in [0.5, 0.6) is 0 Å². The van der Waals surface area contributed by atoms with Crippen molar-refractivity contribution >= 4 is 27.9 Å². The number of carboxylic acids is 1. The van der Waals surface area contributed by atoms with Gasteiger partial charge in [0.15, 0.2) is 0 Å². The second-order valence-corrected chi connectivity index (χ2v) is 7.80. The number of carbonyl (C=O) groups is 2. The number of hydrogen-bond acceptors (Lipinski definition) is 4. The summed E-state index contributed by atoms with van der Waals surface area (Å²) in [5, 5.41) is 10.6. The third-order valence-electron chi connectivity index (χ3n) is 5.17. The Kier molecular flexibility index (Phi) is 7.50. The average Bonchev–Trinajstić information content (AvgIpc) is 2.90. The monoisotopic (exact) mass is 465 g/mol. The SMILES string of the molecule is CCOC(=O)CC1CC2(CCNCC2)c2c(Br)cccc21.O=C(O)C(F)(F)F. The van der Waals surface area contributed by atoms with E-state index in [4.69, 9.17) is 14.6 Å². The van der Waals surface area contributed by atoms with Crippen LogP contribution in [0.4, 0.5) is 13.2 Å². The van der Waals surface area contributed by atoms with Gasteiger partial charge in [-0.2, -0.15) is 13.2 Å². The molecule has 5 nitrogen and oxygen atoms in total. The fourth-order valence-corrected chi connectivity index (χ4v) is 4.89. The summed E-state index contributed by atoms with van der Waals surface area (Å²) in [5.41, 5.74) is 3.03. The summed E-state index contributed by atoms with van der Waals surface area (Å²) in [6, 6.07) is 6.41. The molecule has 0 amide bonds. The van der Waals surface area contributed by atoms with E-state index < -0.39 is 12.1 Å². The van der Waals surface area contributed by atoms with E-state index in [1.165, 1.54) is 15.6 Å². The normalized spacial score (nSPS) is 20.1. The van der Waals surface area contributed by atoms with E-state index in [-0.39, 0.29) is 11.4 Å². The number of hydrogen-bond donors (Lipinski definition) is 2. The highest BCUT2D eigenvalue weighted by Crippen LogP contribution is 2.54. The second kappa shape index (κ2) is 9.26. The summed E-state index contributed by atoms with van der Waals surface area (Å²) >= 11 is 3.75. The molecule has 1 aliphatic carbocycles. The van der Waals surface area contributed by atoms with E-state index in [1.807, 2.05) is 6.92 Å². The number of ether oxygens (including phenoxy) is 1. The number of carbonyl (C=O) groups excluding carboxylic acids is 1. The summed E-state index contributed by atoms with van der Waals surface area (Å²) in [6.45, 7) is 4.46. The summed E-state index contributed by atoms with van der Waals surface area (Å²) in [6.07, 6.45) is -1.19. The summed E-state index contributed by atoms with van der Waals surface area (Å²) in [5.74, 6) is -2.53. The summed E-state index contributed by atoms with van der Waals surface area (Å²) in [7, 11) is 0.